The van der Waals surface area contributed by atoms with E-state index in [0.717, 1.165) is 5.56 Å². The van der Waals surface area contributed by atoms with Crippen molar-refractivity contribution >= 4 is 12.3 Å². The molecule has 18 heavy (non-hydrogen) atoms. The van der Waals surface area contributed by atoms with Crippen LogP contribution in [0.4, 0.5) is 4.79 Å². The summed E-state index contributed by atoms with van der Waals surface area (Å²) >= 11 is 0. The summed E-state index contributed by atoms with van der Waals surface area (Å²) in [6.07, 6.45) is 3.87. The van der Waals surface area contributed by atoms with Gasteiger partial charge in [0.1, 0.15) is 6.04 Å². The van der Waals surface area contributed by atoms with E-state index < -0.39 is 17.9 Å². The Kier molecular flexibility index (Phi) is 3.43. The molecule has 0 saturated heterocycles. The summed E-state index contributed by atoms with van der Waals surface area (Å²) in [6, 6.07) is 8.92. The SMILES string of the molecule is NC(=O)OC1(O)C=CC=NC1Cc1ccccc1. The first-order chi connectivity index (χ1) is 8.60. The summed E-state index contributed by atoms with van der Waals surface area (Å²) in [6.45, 7) is 0. The predicted molar refractivity (Wildman–Crippen MR) is 67.2 cm³/mol. The van der Waals surface area contributed by atoms with E-state index in [9.17, 15) is 9.90 Å². The third kappa shape index (κ3) is 2.75. The summed E-state index contributed by atoms with van der Waals surface area (Å²) in [5.41, 5.74) is 5.94. The molecule has 1 aromatic carbocycles. The number of allylic oxidation sites excluding steroid dienone is 1. The maximum Gasteiger partial charge on any atom is 0.407 e. The number of aliphatic imine (C=N–C) groups is 1. The third-order valence-corrected chi connectivity index (χ3v) is 2.70. The van der Waals surface area contributed by atoms with E-state index in [0.29, 0.717) is 6.42 Å². The Balaban J connectivity index is 2.17. The lowest BCUT2D eigenvalue weighted by molar-refractivity contribution is -0.135. The average Bonchev–Trinajstić information content (AvgIpc) is 2.32. The second kappa shape index (κ2) is 5.01. The molecular formula is C13H14N2O3. The topological polar surface area (TPSA) is 84.9 Å². The second-order valence-corrected chi connectivity index (χ2v) is 4.04. The van der Waals surface area contributed by atoms with Gasteiger partial charge < -0.3 is 15.6 Å². The van der Waals surface area contributed by atoms with Crippen LogP contribution in [0.2, 0.25) is 0 Å². The van der Waals surface area contributed by atoms with Gasteiger partial charge in [-0.25, -0.2) is 4.79 Å². The van der Waals surface area contributed by atoms with Gasteiger partial charge in [0.25, 0.3) is 5.79 Å². The molecule has 1 aliphatic rings. The largest absolute Gasteiger partial charge is 0.411 e. The Morgan fingerprint density at radius 2 is 2.17 bits per heavy atom. The van der Waals surface area contributed by atoms with Crippen LogP contribution in [0.15, 0.2) is 47.5 Å². The fourth-order valence-electron chi connectivity index (χ4n) is 1.85. The van der Waals surface area contributed by atoms with Gasteiger partial charge >= 0.3 is 6.09 Å². The van der Waals surface area contributed by atoms with Crippen LogP contribution in [0.3, 0.4) is 0 Å². The summed E-state index contributed by atoms with van der Waals surface area (Å²) in [5.74, 6) is -1.78. The van der Waals surface area contributed by atoms with E-state index >= 15 is 0 Å². The Morgan fingerprint density at radius 1 is 1.44 bits per heavy atom. The molecule has 0 radical (unpaired) electrons. The van der Waals surface area contributed by atoms with Crippen molar-refractivity contribution < 1.29 is 14.6 Å². The van der Waals surface area contributed by atoms with Crippen LogP contribution in [-0.2, 0) is 11.2 Å². The maximum absolute atomic E-state index is 10.8. The zero-order chi connectivity index (χ0) is 13.0. The van der Waals surface area contributed by atoms with Crippen molar-refractivity contribution in [1.82, 2.24) is 0 Å². The number of nitrogens with zero attached hydrogens (tertiary/aromatic N) is 1. The monoisotopic (exact) mass is 246 g/mol. The molecule has 5 nitrogen and oxygen atoms in total. The van der Waals surface area contributed by atoms with E-state index in [-0.39, 0.29) is 0 Å². The maximum atomic E-state index is 10.8. The number of hydrogen-bond acceptors (Lipinski definition) is 4. The van der Waals surface area contributed by atoms with Crippen molar-refractivity contribution in [3.63, 3.8) is 0 Å². The molecule has 2 rings (SSSR count). The quantitative estimate of drug-likeness (QED) is 0.781. The van der Waals surface area contributed by atoms with Gasteiger partial charge in [-0.2, -0.15) is 0 Å². The van der Waals surface area contributed by atoms with Gasteiger partial charge in [-0.1, -0.05) is 30.3 Å². The lowest BCUT2D eigenvalue weighted by Gasteiger charge is -2.31. The van der Waals surface area contributed by atoms with Crippen molar-refractivity contribution in [2.24, 2.45) is 10.7 Å². The molecule has 2 atom stereocenters. The van der Waals surface area contributed by atoms with E-state index in [1.54, 1.807) is 6.21 Å². The number of rotatable bonds is 3. The minimum atomic E-state index is -1.78. The fraction of sp³-hybridized carbons (Fsp3) is 0.231. The Bertz CT molecular complexity index is 484. The molecule has 0 aliphatic carbocycles. The van der Waals surface area contributed by atoms with E-state index in [4.69, 9.17) is 10.5 Å². The highest BCUT2D eigenvalue weighted by Gasteiger charge is 2.39. The smallest absolute Gasteiger partial charge is 0.407 e. The van der Waals surface area contributed by atoms with Gasteiger partial charge in [-0.05, 0) is 17.7 Å². The van der Waals surface area contributed by atoms with Crippen LogP contribution >= 0.6 is 0 Å². The normalized spacial score (nSPS) is 25.9. The zero-order valence-electron chi connectivity index (χ0n) is 9.69. The van der Waals surface area contributed by atoms with Crippen molar-refractivity contribution in [3.8, 4) is 0 Å². The van der Waals surface area contributed by atoms with Gasteiger partial charge in [0.15, 0.2) is 0 Å². The van der Waals surface area contributed by atoms with Crippen molar-refractivity contribution in [1.29, 1.82) is 0 Å². The van der Waals surface area contributed by atoms with Gasteiger partial charge in [-0.3, -0.25) is 4.99 Å². The molecule has 1 aliphatic heterocycles. The molecule has 94 valence electrons. The Morgan fingerprint density at radius 3 is 2.83 bits per heavy atom. The highest BCUT2D eigenvalue weighted by molar-refractivity contribution is 5.73. The molecule has 1 aromatic rings. The molecule has 3 N–H and O–H groups in total. The predicted octanol–water partition coefficient (Wildman–Crippen LogP) is 1.02. The summed E-state index contributed by atoms with van der Waals surface area (Å²) in [5, 5.41) is 10.2. The standard InChI is InChI=1S/C13H14N2O3/c14-12(16)18-13(17)7-4-8-15-11(13)9-10-5-2-1-3-6-10/h1-8,11,17H,9H2,(H2,14,16). The highest BCUT2D eigenvalue weighted by Crippen LogP contribution is 2.23. The lowest BCUT2D eigenvalue weighted by atomic mass is 9.97. The number of nitrogens with two attached hydrogens (primary N) is 1. The van der Waals surface area contributed by atoms with Gasteiger partial charge in [-0.15, -0.1) is 0 Å². The molecule has 0 saturated carbocycles. The van der Waals surface area contributed by atoms with E-state index in [2.05, 4.69) is 4.99 Å². The fourth-order valence-corrected chi connectivity index (χ4v) is 1.85. The number of ether oxygens (including phenoxy) is 1. The molecular weight excluding hydrogens is 232 g/mol. The molecule has 2 unspecified atom stereocenters. The number of primary amides is 1. The summed E-state index contributed by atoms with van der Waals surface area (Å²) in [4.78, 5) is 15.0. The van der Waals surface area contributed by atoms with Crippen molar-refractivity contribution in [2.45, 2.75) is 18.2 Å². The number of amides is 1. The van der Waals surface area contributed by atoms with E-state index in [1.165, 1.54) is 12.2 Å². The Hall–Kier alpha value is -2.14. The van der Waals surface area contributed by atoms with Crippen LogP contribution in [0, 0.1) is 0 Å². The van der Waals surface area contributed by atoms with Gasteiger partial charge in [0.05, 0.1) is 0 Å². The van der Waals surface area contributed by atoms with Crippen LogP contribution in [0.5, 0.6) is 0 Å². The van der Waals surface area contributed by atoms with Crippen molar-refractivity contribution in [3.05, 3.63) is 48.0 Å². The molecule has 0 bridgehead atoms. The zero-order valence-corrected chi connectivity index (χ0v) is 9.69. The molecule has 1 amide bonds. The number of carbonyl (C=O) groups excluding carboxylic acids is 1. The highest BCUT2D eigenvalue weighted by atomic mass is 16.7. The third-order valence-electron chi connectivity index (χ3n) is 2.70. The molecule has 0 fully saturated rings. The molecule has 5 heteroatoms. The second-order valence-electron chi connectivity index (χ2n) is 4.04. The number of dihydropyridines is 1. The van der Waals surface area contributed by atoms with Crippen LogP contribution in [0.1, 0.15) is 5.56 Å². The first-order valence-electron chi connectivity index (χ1n) is 5.56. The Labute approximate surface area is 105 Å². The summed E-state index contributed by atoms with van der Waals surface area (Å²) in [7, 11) is 0. The van der Waals surface area contributed by atoms with E-state index in [1.807, 2.05) is 30.3 Å². The lowest BCUT2D eigenvalue weighted by Crippen LogP contribution is -2.47. The van der Waals surface area contributed by atoms with Crippen molar-refractivity contribution in [2.75, 3.05) is 0 Å². The number of benzene rings is 1. The van der Waals surface area contributed by atoms with Crippen LogP contribution in [-0.4, -0.2) is 29.2 Å². The molecule has 0 aromatic heterocycles. The minimum absolute atomic E-state index is 0.450. The number of aliphatic hydroxyl groups is 1. The first-order valence-corrected chi connectivity index (χ1v) is 5.56. The molecule has 0 spiro atoms. The van der Waals surface area contributed by atoms with Gasteiger partial charge in [0, 0.05) is 12.6 Å². The average molecular weight is 246 g/mol. The minimum Gasteiger partial charge on any atom is -0.411 e. The summed E-state index contributed by atoms with van der Waals surface area (Å²) < 4.78 is 4.76. The number of carbonyl (C=O) groups is 1. The first kappa shape index (κ1) is 12.3. The molecule has 1 heterocycles. The van der Waals surface area contributed by atoms with Crippen LogP contribution in [0.25, 0.3) is 0 Å². The number of hydrogen-bond donors (Lipinski definition) is 2. The van der Waals surface area contributed by atoms with Crippen LogP contribution < -0.4 is 5.73 Å². The van der Waals surface area contributed by atoms with Gasteiger partial charge in [0.2, 0.25) is 0 Å².